The number of nitrogens with two attached hydrogens (primary N) is 1. The van der Waals surface area contributed by atoms with Crippen LogP contribution in [0.1, 0.15) is 19.8 Å². The first-order valence-electron chi connectivity index (χ1n) is 5.41. The molecule has 1 aliphatic heterocycles. The van der Waals surface area contributed by atoms with E-state index in [0.717, 1.165) is 6.42 Å². The maximum atomic E-state index is 11.6. The molecule has 1 fully saturated rings. The summed E-state index contributed by atoms with van der Waals surface area (Å²) in [5.74, 6) is -0.866. The number of hydrogen-bond acceptors (Lipinski definition) is 5. The third-order valence-electron chi connectivity index (χ3n) is 2.89. The Balaban J connectivity index is 2.67. The lowest BCUT2D eigenvalue weighted by atomic mass is 10.2. The molecule has 0 radical (unpaired) electrons. The summed E-state index contributed by atoms with van der Waals surface area (Å²) in [4.78, 5) is 35.4. The summed E-state index contributed by atoms with van der Waals surface area (Å²) >= 11 is 0. The van der Waals surface area contributed by atoms with Gasteiger partial charge in [-0.25, -0.2) is 4.79 Å². The van der Waals surface area contributed by atoms with Gasteiger partial charge in [0.15, 0.2) is 0 Å². The lowest BCUT2D eigenvalue weighted by Gasteiger charge is -2.27. The molecule has 3 N–H and O–H groups in total. The molecule has 7 nitrogen and oxygen atoms in total. The topological polar surface area (TPSA) is 102 Å². The number of methoxy groups -OCH3 is 1. The van der Waals surface area contributed by atoms with Crippen molar-refractivity contribution in [3.63, 3.8) is 0 Å². The van der Waals surface area contributed by atoms with Gasteiger partial charge in [-0.15, -0.1) is 0 Å². The van der Waals surface area contributed by atoms with Gasteiger partial charge in [0.05, 0.1) is 13.2 Å². The summed E-state index contributed by atoms with van der Waals surface area (Å²) in [6.45, 7) is 2.24. The first kappa shape index (κ1) is 13.4. The van der Waals surface area contributed by atoms with Gasteiger partial charge in [0.1, 0.15) is 6.04 Å². The molecule has 96 valence electrons. The lowest BCUT2D eigenvalue weighted by molar-refractivity contribution is -0.147. The molecular weight excluding hydrogens is 226 g/mol. The van der Waals surface area contributed by atoms with Gasteiger partial charge in [0, 0.05) is 0 Å². The van der Waals surface area contributed by atoms with Crippen LogP contribution in [0.2, 0.25) is 0 Å². The van der Waals surface area contributed by atoms with E-state index in [9.17, 15) is 14.4 Å². The van der Waals surface area contributed by atoms with Crippen molar-refractivity contribution >= 4 is 17.9 Å². The zero-order valence-corrected chi connectivity index (χ0v) is 9.93. The van der Waals surface area contributed by atoms with Gasteiger partial charge >= 0.3 is 12.0 Å². The van der Waals surface area contributed by atoms with Gasteiger partial charge in [-0.3, -0.25) is 19.8 Å². The minimum Gasteiger partial charge on any atom is -0.468 e. The Hall–Kier alpha value is -1.63. The number of nitrogens with zero attached hydrogens (tertiary/aromatic N) is 1. The Morgan fingerprint density at radius 2 is 2.12 bits per heavy atom. The number of esters is 1. The molecule has 0 aliphatic carbocycles. The van der Waals surface area contributed by atoms with E-state index in [1.807, 2.05) is 5.32 Å². The van der Waals surface area contributed by atoms with Crippen LogP contribution in [0.3, 0.4) is 0 Å². The van der Waals surface area contributed by atoms with Crippen LogP contribution in [0.25, 0.3) is 0 Å². The van der Waals surface area contributed by atoms with E-state index >= 15 is 0 Å². The molecule has 0 aromatic carbocycles. The molecule has 1 saturated heterocycles. The number of rotatable bonds is 3. The van der Waals surface area contributed by atoms with Crippen molar-refractivity contribution in [2.75, 3.05) is 13.7 Å². The molecule has 17 heavy (non-hydrogen) atoms. The van der Waals surface area contributed by atoms with Crippen molar-refractivity contribution in [1.29, 1.82) is 0 Å². The minimum absolute atomic E-state index is 0.360. The Morgan fingerprint density at radius 3 is 2.65 bits per heavy atom. The van der Waals surface area contributed by atoms with Gasteiger partial charge in [0.2, 0.25) is 5.91 Å². The second-order valence-electron chi connectivity index (χ2n) is 3.95. The summed E-state index contributed by atoms with van der Waals surface area (Å²) in [6, 6.07) is -1.90. The second kappa shape index (κ2) is 5.62. The second-order valence-corrected chi connectivity index (χ2v) is 3.95. The van der Waals surface area contributed by atoms with Crippen molar-refractivity contribution in [3.05, 3.63) is 0 Å². The molecule has 1 aliphatic rings. The Kier molecular flexibility index (Phi) is 4.45. The molecule has 0 aromatic heterocycles. The quantitative estimate of drug-likeness (QED) is 0.632. The third-order valence-corrected chi connectivity index (χ3v) is 2.89. The van der Waals surface area contributed by atoms with Crippen LogP contribution in [-0.2, 0) is 14.3 Å². The van der Waals surface area contributed by atoms with Crippen molar-refractivity contribution in [3.8, 4) is 0 Å². The summed E-state index contributed by atoms with van der Waals surface area (Å²) in [5.41, 5.74) is 4.87. The number of urea groups is 1. The zero-order valence-electron chi connectivity index (χ0n) is 9.93. The number of nitrogens with one attached hydrogen (secondary N) is 1. The number of ether oxygens (including phenoxy) is 1. The molecule has 7 heteroatoms. The number of imide groups is 1. The smallest absolute Gasteiger partial charge is 0.323 e. The lowest BCUT2D eigenvalue weighted by Crippen LogP contribution is -2.51. The predicted molar refractivity (Wildman–Crippen MR) is 58.9 cm³/mol. The number of amides is 3. The Morgan fingerprint density at radius 1 is 1.47 bits per heavy atom. The highest BCUT2D eigenvalue weighted by atomic mass is 16.5. The zero-order chi connectivity index (χ0) is 13.0. The molecular formula is C10H17N3O4. The summed E-state index contributed by atoms with van der Waals surface area (Å²) in [6.07, 6.45) is 1.47. The van der Waals surface area contributed by atoms with E-state index in [2.05, 4.69) is 4.74 Å². The highest BCUT2D eigenvalue weighted by Crippen LogP contribution is 2.21. The molecule has 0 aromatic rings. The molecule has 0 spiro atoms. The van der Waals surface area contributed by atoms with E-state index < -0.39 is 24.0 Å². The summed E-state index contributed by atoms with van der Waals surface area (Å²) in [7, 11) is 1.31. The molecule has 3 amide bonds. The van der Waals surface area contributed by atoms with E-state index in [1.54, 1.807) is 11.8 Å². The fourth-order valence-electron chi connectivity index (χ4n) is 2.02. The van der Waals surface area contributed by atoms with E-state index in [-0.39, 0.29) is 5.97 Å². The highest BCUT2D eigenvalue weighted by molar-refractivity contribution is 5.96. The number of carbonyl (C=O) groups excluding carboxylic acids is 3. The minimum atomic E-state index is -0.893. The highest BCUT2D eigenvalue weighted by Gasteiger charge is 2.37. The SMILES string of the molecule is COC(=O)C1CCCN1C(C)C(=O)NC(N)=O. The standard InChI is InChI=1S/C10H17N3O4/c1-6(8(14)12-10(11)16)13-5-3-4-7(13)9(15)17-2/h6-7H,3-5H2,1-2H3,(H3,11,12,14,16). The average Bonchev–Trinajstić information content (AvgIpc) is 2.74. The maximum Gasteiger partial charge on any atom is 0.323 e. The van der Waals surface area contributed by atoms with Crippen LogP contribution in [-0.4, -0.2) is 48.5 Å². The van der Waals surface area contributed by atoms with Gasteiger partial charge in [-0.2, -0.15) is 0 Å². The molecule has 1 rings (SSSR count). The summed E-state index contributed by atoms with van der Waals surface area (Å²) in [5, 5.41) is 2.00. The number of carbonyl (C=O) groups is 3. The molecule has 0 saturated carbocycles. The summed E-state index contributed by atoms with van der Waals surface area (Å²) < 4.78 is 4.67. The maximum absolute atomic E-state index is 11.6. The monoisotopic (exact) mass is 243 g/mol. The normalized spacial score (nSPS) is 21.9. The molecule has 2 unspecified atom stereocenters. The van der Waals surface area contributed by atoms with Crippen LogP contribution >= 0.6 is 0 Å². The first-order chi connectivity index (χ1) is 7.97. The number of primary amides is 1. The van der Waals surface area contributed by atoms with Crippen molar-refractivity contribution in [2.45, 2.75) is 31.8 Å². The van der Waals surface area contributed by atoms with Gasteiger partial charge < -0.3 is 10.5 Å². The molecule has 1 heterocycles. The van der Waals surface area contributed by atoms with Crippen LogP contribution in [0, 0.1) is 0 Å². The van der Waals surface area contributed by atoms with Crippen molar-refractivity contribution in [1.82, 2.24) is 10.2 Å². The van der Waals surface area contributed by atoms with E-state index in [1.165, 1.54) is 7.11 Å². The average molecular weight is 243 g/mol. The van der Waals surface area contributed by atoms with Crippen LogP contribution in [0.4, 0.5) is 4.79 Å². The predicted octanol–water partition coefficient (Wildman–Crippen LogP) is -0.793. The van der Waals surface area contributed by atoms with Crippen LogP contribution < -0.4 is 11.1 Å². The molecule has 0 bridgehead atoms. The van der Waals surface area contributed by atoms with Gasteiger partial charge in [-0.05, 0) is 26.3 Å². The largest absolute Gasteiger partial charge is 0.468 e. The van der Waals surface area contributed by atoms with Gasteiger partial charge in [0.25, 0.3) is 0 Å². The van der Waals surface area contributed by atoms with Crippen LogP contribution in [0.15, 0.2) is 0 Å². The van der Waals surface area contributed by atoms with Crippen molar-refractivity contribution < 1.29 is 19.1 Å². The number of likely N-dealkylation sites (tertiary alicyclic amines) is 1. The van der Waals surface area contributed by atoms with Gasteiger partial charge in [-0.1, -0.05) is 0 Å². The first-order valence-corrected chi connectivity index (χ1v) is 5.41. The Labute approximate surface area is 99.3 Å². The fourth-order valence-corrected chi connectivity index (χ4v) is 2.02. The number of hydrogen-bond donors (Lipinski definition) is 2. The fraction of sp³-hybridized carbons (Fsp3) is 0.700. The van der Waals surface area contributed by atoms with Crippen LogP contribution in [0.5, 0.6) is 0 Å². The van der Waals surface area contributed by atoms with Crippen molar-refractivity contribution in [2.24, 2.45) is 5.73 Å². The molecule has 2 atom stereocenters. The van der Waals surface area contributed by atoms with E-state index in [0.29, 0.717) is 13.0 Å². The van der Waals surface area contributed by atoms with E-state index in [4.69, 9.17) is 5.73 Å². The Bertz CT molecular complexity index is 332. The third kappa shape index (κ3) is 3.16.